The summed E-state index contributed by atoms with van der Waals surface area (Å²) >= 11 is 0. The number of rotatable bonds is 5. The Balaban J connectivity index is 1.41. The largest absolute Gasteiger partial charge is 0.369 e. The van der Waals surface area contributed by atoms with Crippen LogP contribution in [0.4, 0.5) is 11.4 Å². The van der Waals surface area contributed by atoms with Crippen molar-refractivity contribution in [3.8, 4) is 0 Å². The number of nitrogens with zero attached hydrogens (tertiary/aromatic N) is 7. The molecule has 29 heavy (non-hydrogen) atoms. The van der Waals surface area contributed by atoms with E-state index in [1.165, 1.54) is 11.6 Å². The van der Waals surface area contributed by atoms with Crippen molar-refractivity contribution in [1.82, 2.24) is 23.6 Å². The molecule has 0 unspecified atom stereocenters. The number of anilines is 1. The first-order valence-corrected chi connectivity index (χ1v) is 9.51. The van der Waals surface area contributed by atoms with E-state index in [-0.39, 0.29) is 11.2 Å². The monoisotopic (exact) mass is 397 g/mol. The van der Waals surface area contributed by atoms with E-state index in [0.717, 1.165) is 43.0 Å². The van der Waals surface area contributed by atoms with Gasteiger partial charge in [0.25, 0.3) is 5.56 Å². The lowest BCUT2D eigenvalue weighted by Crippen LogP contribution is -2.47. The highest BCUT2D eigenvalue weighted by Crippen LogP contribution is 2.20. The van der Waals surface area contributed by atoms with Gasteiger partial charge in [-0.15, -0.1) is 4.91 Å². The predicted molar refractivity (Wildman–Crippen MR) is 111 cm³/mol. The Hall–Kier alpha value is -3.27. The van der Waals surface area contributed by atoms with Crippen molar-refractivity contribution in [3.63, 3.8) is 0 Å². The summed E-state index contributed by atoms with van der Waals surface area (Å²) in [6.45, 7) is 4.99. The Bertz CT molecular complexity index is 1150. The Labute approximate surface area is 166 Å². The second-order valence-corrected chi connectivity index (χ2v) is 7.25. The third kappa shape index (κ3) is 3.46. The van der Waals surface area contributed by atoms with Gasteiger partial charge in [0.15, 0.2) is 11.2 Å². The number of hydrogen-bond acceptors (Lipinski definition) is 7. The molecule has 1 saturated heterocycles. The Morgan fingerprint density at radius 2 is 1.66 bits per heavy atom. The molecule has 0 aliphatic carbocycles. The summed E-state index contributed by atoms with van der Waals surface area (Å²) in [5, 5.41) is 2.93. The van der Waals surface area contributed by atoms with Crippen molar-refractivity contribution < 1.29 is 0 Å². The molecule has 10 heteroatoms. The van der Waals surface area contributed by atoms with Crippen LogP contribution in [0.1, 0.15) is 0 Å². The van der Waals surface area contributed by atoms with Crippen LogP contribution in [0.15, 0.2) is 45.4 Å². The van der Waals surface area contributed by atoms with Crippen LogP contribution in [-0.2, 0) is 20.6 Å². The van der Waals surface area contributed by atoms with E-state index in [1.807, 2.05) is 16.7 Å². The predicted octanol–water partition coefficient (Wildman–Crippen LogP) is 0.654. The molecule has 3 heterocycles. The summed E-state index contributed by atoms with van der Waals surface area (Å²) in [7, 11) is 3.11. The molecule has 1 aliphatic heterocycles. The van der Waals surface area contributed by atoms with E-state index in [2.05, 4.69) is 20.0 Å². The van der Waals surface area contributed by atoms with Crippen molar-refractivity contribution in [1.29, 1.82) is 0 Å². The molecule has 0 bridgehead atoms. The second-order valence-electron chi connectivity index (χ2n) is 7.25. The first-order valence-electron chi connectivity index (χ1n) is 9.51. The molecule has 1 aromatic carbocycles. The third-order valence-corrected chi connectivity index (χ3v) is 5.57. The molecule has 0 N–H and O–H groups in total. The van der Waals surface area contributed by atoms with E-state index in [4.69, 9.17) is 0 Å². The molecule has 1 aliphatic rings. The number of fused-ring (bicyclic) bond motifs is 1. The molecule has 2 aromatic heterocycles. The van der Waals surface area contributed by atoms with E-state index in [0.29, 0.717) is 23.4 Å². The normalized spacial score (nSPS) is 15.2. The number of aromatic nitrogens is 4. The van der Waals surface area contributed by atoms with Gasteiger partial charge in [-0.2, -0.15) is 0 Å². The molecular weight excluding hydrogens is 374 g/mol. The van der Waals surface area contributed by atoms with Gasteiger partial charge in [0, 0.05) is 59.1 Å². The minimum atomic E-state index is -0.374. The summed E-state index contributed by atoms with van der Waals surface area (Å²) in [6.07, 6.45) is 1.63. The highest BCUT2D eigenvalue weighted by atomic mass is 16.3. The van der Waals surface area contributed by atoms with Crippen molar-refractivity contribution in [3.05, 3.63) is 56.3 Å². The first kappa shape index (κ1) is 19.1. The molecule has 0 amide bonds. The summed E-state index contributed by atoms with van der Waals surface area (Å²) in [6, 6.07) is 7.30. The molecule has 4 rings (SSSR count). The van der Waals surface area contributed by atoms with Crippen LogP contribution >= 0.6 is 0 Å². The number of nitroso groups, excluding NO2 is 1. The number of imidazole rings is 1. The molecule has 10 nitrogen and oxygen atoms in total. The number of hydrogen-bond donors (Lipinski definition) is 0. The minimum absolute atomic E-state index is 0.321. The molecule has 0 saturated carbocycles. The van der Waals surface area contributed by atoms with Crippen molar-refractivity contribution >= 4 is 22.5 Å². The molecule has 152 valence electrons. The van der Waals surface area contributed by atoms with Gasteiger partial charge in [0.1, 0.15) is 5.69 Å². The highest BCUT2D eigenvalue weighted by molar-refractivity contribution is 5.69. The summed E-state index contributed by atoms with van der Waals surface area (Å²) in [5.74, 6) is 0. The Kier molecular flexibility index (Phi) is 5.01. The Morgan fingerprint density at radius 1 is 0.966 bits per heavy atom. The van der Waals surface area contributed by atoms with Crippen LogP contribution in [0, 0.1) is 4.91 Å². The molecular formula is C19H23N7O3. The average molecular weight is 397 g/mol. The fourth-order valence-corrected chi connectivity index (χ4v) is 3.77. The second kappa shape index (κ2) is 7.63. The molecule has 0 radical (unpaired) electrons. The maximum absolute atomic E-state index is 12.5. The fourth-order valence-electron chi connectivity index (χ4n) is 3.77. The molecule has 0 spiro atoms. The third-order valence-electron chi connectivity index (χ3n) is 5.57. The summed E-state index contributed by atoms with van der Waals surface area (Å²) in [4.78, 5) is 44.0. The molecule has 0 atom stereocenters. The number of benzene rings is 1. The van der Waals surface area contributed by atoms with Crippen LogP contribution in [0.25, 0.3) is 11.2 Å². The van der Waals surface area contributed by atoms with E-state index >= 15 is 0 Å². The lowest BCUT2D eigenvalue weighted by Gasteiger charge is -2.36. The minimum Gasteiger partial charge on any atom is -0.369 e. The zero-order valence-electron chi connectivity index (χ0n) is 16.5. The fraction of sp³-hybridized carbons (Fsp3) is 0.421. The first-order chi connectivity index (χ1) is 14.0. The topological polar surface area (TPSA) is 97.7 Å². The van der Waals surface area contributed by atoms with Crippen LogP contribution in [0.2, 0.25) is 0 Å². The zero-order valence-corrected chi connectivity index (χ0v) is 16.5. The smallest absolute Gasteiger partial charge is 0.332 e. The number of aryl methyl sites for hydroxylation is 1. The standard InChI is InChI=1S/C19H23N7O3/c1-22-17-16(18(27)23(2)19(22)28)26(13-20-17)12-9-24-7-10-25(11-8-24)15-5-3-14(21-29)4-6-15/h3-6,13H,7-12H2,1-2H3. The lowest BCUT2D eigenvalue weighted by atomic mass is 10.2. The van der Waals surface area contributed by atoms with Crippen molar-refractivity contribution in [2.24, 2.45) is 19.3 Å². The van der Waals surface area contributed by atoms with E-state index < -0.39 is 0 Å². The summed E-state index contributed by atoms with van der Waals surface area (Å²) < 4.78 is 4.34. The van der Waals surface area contributed by atoms with E-state index in [9.17, 15) is 14.5 Å². The van der Waals surface area contributed by atoms with Crippen LogP contribution < -0.4 is 16.1 Å². The van der Waals surface area contributed by atoms with Crippen LogP contribution in [-0.4, -0.2) is 56.3 Å². The Morgan fingerprint density at radius 3 is 2.31 bits per heavy atom. The van der Waals surface area contributed by atoms with Crippen molar-refractivity contribution in [2.45, 2.75) is 6.54 Å². The highest BCUT2D eigenvalue weighted by Gasteiger charge is 2.19. The zero-order chi connectivity index (χ0) is 20.5. The van der Waals surface area contributed by atoms with Gasteiger partial charge in [0.2, 0.25) is 0 Å². The number of piperazine rings is 1. The summed E-state index contributed by atoms with van der Waals surface area (Å²) in [5.41, 5.74) is 1.69. The van der Waals surface area contributed by atoms with Gasteiger partial charge in [-0.05, 0) is 29.4 Å². The SMILES string of the molecule is Cn1c(=O)c2c(ncn2CCN2CCN(c3ccc(N=O)cc3)CC2)n(C)c1=O. The lowest BCUT2D eigenvalue weighted by molar-refractivity contribution is 0.249. The van der Waals surface area contributed by atoms with Gasteiger partial charge >= 0.3 is 5.69 Å². The van der Waals surface area contributed by atoms with E-state index in [1.54, 1.807) is 25.5 Å². The van der Waals surface area contributed by atoms with Crippen LogP contribution in [0.5, 0.6) is 0 Å². The van der Waals surface area contributed by atoms with Gasteiger partial charge in [-0.25, -0.2) is 9.78 Å². The van der Waals surface area contributed by atoms with Gasteiger partial charge < -0.3 is 9.47 Å². The maximum atomic E-state index is 12.5. The average Bonchev–Trinajstić information content (AvgIpc) is 3.19. The maximum Gasteiger partial charge on any atom is 0.332 e. The van der Waals surface area contributed by atoms with Gasteiger partial charge in [-0.1, -0.05) is 0 Å². The quantitative estimate of drug-likeness (QED) is 0.587. The molecule has 1 fully saturated rings. The molecule has 3 aromatic rings. The van der Waals surface area contributed by atoms with Crippen LogP contribution in [0.3, 0.4) is 0 Å². The van der Waals surface area contributed by atoms with Crippen molar-refractivity contribution in [2.75, 3.05) is 37.6 Å². The van der Waals surface area contributed by atoms with Gasteiger partial charge in [0.05, 0.1) is 6.33 Å². The van der Waals surface area contributed by atoms with Gasteiger partial charge in [-0.3, -0.25) is 18.8 Å².